The van der Waals surface area contributed by atoms with Crippen molar-refractivity contribution in [3.05, 3.63) is 53.6 Å². The molecule has 1 aliphatic rings. The van der Waals surface area contributed by atoms with Crippen LogP contribution in [0.25, 0.3) is 11.1 Å². The Balaban J connectivity index is 1.98. The first-order valence-corrected chi connectivity index (χ1v) is 7.54. The number of aryl methyl sites for hydroxylation is 1. The maximum absolute atomic E-state index is 13.0. The first-order valence-electron chi connectivity index (χ1n) is 7.54. The van der Waals surface area contributed by atoms with Crippen molar-refractivity contribution in [2.24, 2.45) is 0 Å². The molecule has 0 saturated carbocycles. The van der Waals surface area contributed by atoms with Crippen molar-refractivity contribution >= 4 is 11.7 Å². The fourth-order valence-electron chi connectivity index (χ4n) is 2.93. The van der Waals surface area contributed by atoms with E-state index in [2.05, 4.69) is 0 Å². The summed E-state index contributed by atoms with van der Waals surface area (Å²) < 4.78 is 39.0. The van der Waals surface area contributed by atoms with E-state index >= 15 is 0 Å². The number of carbonyl (C=O) groups is 1. The van der Waals surface area contributed by atoms with Crippen molar-refractivity contribution in [2.75, 3.05) is 11.4 Å². The monoisotopic (exact) mass is 335 g/mol. The van der Waals surface area contributed by atoms with Gasteiger partial charge in [0.1, 0.15) is 6.04 Å². The topological polar surface area (TPSA) is 40.5 Å². The Labute approximate surface area is 137 Å². The molecule has 3 rings (SSSR count). The standard InChI is InChI=1S/C18H16F3NO2/c1-11-7-13(9-14(8-11)18(19,20)21)12-3-2-4-15(10-12)22-6-5-16(22)17(23)24/h2-4,7-10,16H,5-6H2,1H3,(H,23,24). The number of benzene rings is 2. The van der Waals surface area contributed by atoms with Crippen LogP contribution in [0.2, 0.25) is 0 Å². The van der Waals surface area contributed by atoms with Gasteiger partial charge in [0, 0.05) is 12.2 Å². The molecule has 0 radical (unpaired) electrons. The molecule has 1 N–H and O–H groups in total. The highest BCUT2D eigenvalue weighted by molar-refractivity contribution is 5.81. The van der Waals surface area contributed by atoms with Gasteiger partial charge < -0.3 is 10.0 Å². The predicted molar refractivity (Wildman–Crippen MR) is 85.0 cm³/mol. The van der Waals surface area contributed by atoms with Crippen LogP contribution in [0.5, 0.6) is 0 Å². The van der Waals surface area contributed by atoms with E-state index in [9.17, 15) is 18.0 Å². The minimum Gasteiger partial charge on any atom is -0.480 e. The molecule has 24 heavy (non-hydrogen) atoms. The molecule has 3 nitrogen and oxygen atoms in total. The normalized spacial score (nSPS) is 17.5. The third kappa shape index (κ3) is 3.09. The first kappa shape index (κ1) is 16.4. The summed E-state index contributed by atoms with van der Waals surface area (Å²) in [6.45, 7) is 2.25. The number of alkyl halides is 3. The molecule has 1 aliphatic heterocycles. The molecule has 2 aromatic rings. The average molecular weight is 335 g/mol. The van der Waals surface area contributed by atoms with Gasteiger partial charge in [-0.15, -0.1) is 0 Å². The van der Waals surface area contributed by atoms with Gasteiger partial charge in [0.25, 0.3) is 0 Å². The third-order valence-electron chi connectivity index (χ3n) is 4.22. The summed E-state index contributed by atoms with van der Waals surface area (Å²) in [5.41, 5.74) is 1.66. The Hall–Kier alpha value is -2.50. The first-order chi connectivity index (χ1) is 11.3. The summed E-state index contributed by atoms with van der Waals surface area (Å²) in [5, 5.41) is 9.15. The van der Waals surface area contributed by atoms with Crippen LogP contribution in [0.4, 0.5) is 18.9 Å². The molecule has 0 amide bonds. The molecular weight excluding hydrogens is 319 g/mol. The second-order valence-corrected chi connectivity index (χ2v) is 5.97. The van der Waals surface area contributed by atoms with E-state index in [1.54, 1.807) is 42.2 Å². The molecule has 0 aromatic heterocycles. The summed E-state index contributed by atoms with van der Waals surface area (Å²) in [6.07, 6.45) is -3.83. The number of aliphatic carboxylic acids is 1. The molecule has 2 aromatic carbocycles. The molecule has 1 atom stereocenters. The van der Waals surface area contributed by atoms with E-state index in [-0.39, 0.29) is 0 Å². The molecule has 1 fully saturated rings. The van der Waals surface area contributed by atoms with Crippen LogP contribution in [0.3, 0.4) is 0 Å². The number of rotatable bonds is 3. The fraction of sp³-hybridized carbons (Fsp3) is 0.278. The molecule has 1 saturated heterocycles. The van der Waals surface area contributed by atoms with Crippen LogP contribution >= 0.6 is 0 Å². The zero-order chi connectivity index (χ0) is 17.5. The van der Waals surface area contributed by atoms with Gasteiger partial charge >= 0.3 is 12.1 Å². The summed E-state index contributed by atoms with van der Waals surface area (Å²) in [6, 6.07) is 10.3. The third-order valence-corrected chi connectivity index (χ3v) is 4.22. The highest BCUT2D eigenvalue weighted by Gasteiger charge is 2.34. The molecule has 0 aliphatic carbocycles. The number of hydrogen-bond donors (Lipinski definition) is 1. The predicted octanol–water partition coefficient (Wildman–Crippen LogP) is 4.34. The number of nitrogens with zero attached hydrogens (tertiary/aromatic N) is 1. The fourth-order valence-corrected chi connectivity index (χ4v) is 2.93. The Morgan fingerprint density at radius 2 is 1.92 bits per heavy atom. The van der Waals surface area contributed by atoms with Gasteiger partial charge in [0.05, 0.1) is 5.56 Å². The Morgan fingerprint density at radius 3 is 2.50 bits per heavy atom. The molecular formula is C18H16F3NO2. The lowest BCUT2D eigenvalue weighted by Gasteiger charge is -2.40. The zero-order valence-electron chi connectivity index (χ0n) is 13.0. The quantitative estimate of drug-likeness (QED) is 0.907. The zero-order valence-corrected chi connectivity index (χ0v) is 13.0. The lowest BCUT2D eigenvalue weighted by molar-refractivity contribution is -0.140. The van der Waals surface area contributed by atoms with Gasteiger partial charge in [-0.3, -0.25) is 0 Å². The van der Waals surface area contributed by atoms with E-state index in [0.29, 0.717) is 35.3 Å². The van der Waals surface area contributed by atoms with Crippen molar-refractivity contribution in [1.82, 2.24) is 0 Å². The number of hydrogen-bond acceptors (Lipinski definition) is 2. The van der Waals surface area contributed by atoms with Gasteiger partial charge in [-0.05, 0) is 54.3 Å². The number of carboxylic acid groups (broad SMARTS) is 1. The minimum absolute atomic E-state index is 0.469. The molecule has 0 bridgehead atoms. The molecule has 0 spiro atoms. The van der Waals surface area contributed by atoms with Crippen LogP contribution in [-0.4, -0.2) is 23.7 Å². The van der Waals surface area contributed by atoms with Crippen LogP contribution in [-0.2, 0) is 11.0 Å². The van der Waals surface area contributed by atoms with E-state index in [1.807, 2.05) is 0 Å². The van der Waals surface area contributed by atoms with Gasteiger partial charge in [-0.2, -0.15) is 13.2 Å². The van der Waals surface area contributed by atoms with Crippen molar-refractivity contribution in [3.8, 4) is 11.1 Å². The highest BCUT2D eigenvalue weighted by Crippen LogP contribution is 2.35. The lowest BCUT2D eigenvalue weighted by Crippen LogP contribution is -2.52. The van der Waals surface area contributed by atoms with E-state index in [1.165, 1.54) is 0 Å². The van der Waals surface area contributed by atoms with Gasteiger partial charge in [-0.25, -0.2) is 4.79 Å². The number of anilines is 1. The summed E-state index contributed by atoms with van der Waals surface area (Å²) >= 11 is 0. The largest absolute Gasteiger partial charge is 0.480 e. The molecule has 6 heteroatoms. The van der Waals surface area contributed by atoms with Crippen molar-refractivity contribution < 1.29 is 23.1 Å². The SMILES string of the molecule is Cc1cc(-c2cccc(N3CCC3C(=O)O)c2)cc(C(F)(F)F)c1. The Kier molecular flexibility index (Phi) is 3.99. The molecule has 1 unspecified atom stereocenters. The van der Waals surface area contributed by atoms with Crippen molar-refractivity contribution in [2.45, 2.75) is 25.6 Å². The van der Waals surface area contributed by atoms with Crippen LogP contribution in [0.1, 0.15) is 17.5 Å². The van der Waals surface area contributed by atoms with Crippen molar-refractivity contribution in [3.63, 3.8) is 0 Å². The Bertz CT molecular complexity index is 786. The molecule has 126 valence electrons. The molecule has 1 heterocycles. The Morgan fingerprint density at radius 1 is 1.17 bits per heavy atom. The second-order valence-electron chi connectivity index (χ2n) is 5.97. The van der Waals surface area contributed by atoms with E-state index in [0.717, 1.165) is 12.1 Å². The lowest BCUT2D eigenvalue weighted by atomic mass is 9.97. The minimum atomic E-state index is -4.40. The van der Waals surface area contributed by atoms with Gasteiger partial charge in [-0.1, -0.05) is 18.2 Å². The van der Waals surface area contributed by atoms with Crippen LogP contribution in [0.15, 0.2) is 42.5 Å². The van der Waals surface area contributed by atoms with E-state index in [4.69, 9.17) is 5.11 Å². The second kappa shape index (κ2) is 5.85. The van der Waals surface area contributed by atoms with Crippen molar-refractivity contribution in [1.29, 1.82) is 0 Å². The summed E-state index contributed by atoms with van der Waals surface area (Å²) in [7, 11) is 0. The van der Waals surface area contributed by atoms with Crippen LogP contribution in [0, 0.1) is 6.92 Å². The summed E-state index contributed by atoms with van der Waals surface area (Å²) in [5.74, 6) is -0.887. The number of halogens is 3. The smallest absolute Gasteiger partial charge is 0.416 e. The summed E-state index contributed by atoms with van der Waals surface area (Å²) in [4.78, 5) is 12.9. The maximum atomic E-state index is 13.0. The highest BCUT2D eigenvalue weighted by atomic mass is 19.4. The maximum Gasteiger partial charge on any atom is 0.416 e. The van der Waals surface area contributed by atoms with Crippen LogP contribution < -0.4 is 4.90 Å². The number of carboxylic acids is 1. The van der Waals surface area contributed by atoms with Gasteiger partial charge in [0.15, 0.2) is 0 Å². The average Bonchev–Trinajstić information content (AvgIpc) is 2.44. The van der Waals surface area contributed by atoms with Gasteiger partial charge in [0.2, 0.25) is 0 Å². The van der Waals surface area contributed by atoms with E-state index < -0.39 is 23.8 Å².